The van der Waals surface area contributed by atoms with Gasteiger partial charge in [-0.3, -0.25) is 4.79 Å². The van der Waals surface area contributed by atoms with Crippen molar-refractivity contribution in [3.05, 3.63) is 52.0 Å². The highest BCUT2D eigenvalue weighted by Crippen LogP contribution is 2.40. The Kier molecular flexibility index (Phi) is 5.99. The fourth-order valence-electron chi connectivity index (χ4n) is 1.86. The smallest absolute Gasteiger partial charge is 0.281 e. The van der Waals surface area contributed by atoms with Crippen molar-refractivity contribution in [3.63, 3.8) is 0 Å². The normalized spacial score (nSPS) is 11.2. The van der Waals surface area contributed by atoms with Gasteiger partial charge in [-0.2, -0.15) is 4.99 Å². The number of halogens is 2. The molecule has 0 radical (unpaired) electrons. The van der Waals surface area contributed by atoms with Crippen LogP contribution in [0.25, 0.3) is 0 Å². The van der Waals surface area contributed by atoms with Gasteiger partial charge in [0.25, 0.3) is 5.91 Å². The minimum Gasteiger partial charge on any atom is -0.370 e. The van der Waals surface area contributed by atoms with Crippen molar-refractivity contribution in [1.82, 2.24) is 0 Å². The first-order chi connectivity index (χ1) is 11.6. The first kappa shape index (κ1) is 19.6. The standard InChI is InChI=1S/C15H13Cl2N3O3S2/c1-25(22,23)8-5-6-12(9(7-8)14(21)20-15(18)19)24-13-10(16)3-2-4-11(13)17/h2-7H,1H3,(H4,18,19,20,21). The second-order valence-corrected chi connectivity index (χ2v) is 8.81. The number of nitrogens with two attached hydrogens (primary N) is 2. The first-order valence-electron chi connectivity index (χ1n) is 6.69. The number of carbonyl (C=O) groups is 1. The van der Waals surface area contributed by atoms with Crippen molar-refractivity contribution in [1.29, 1.82) is 0 Å². The topological polar surface area (TPSA) is 116 Å². The van der Waals surface area contributed by atoms with Gasteiger partial charge >= 0.3 is 0 Å². The van der Waals surface area contributed by atoms with E-state index in [2.05, 4.69) is 4.99 Å². The van der Waals surface area contributed by atoms with Crippen molar-refractivity contribution < 1.29 is 13.2 Å². The number of carbonyl (C=O) groups excluding carboxylic acids is 1. The molecule has 2 rings (SSSR count). The Labute approximate surface area is 159 Å². The molecular weight excluding hydrogens is 405 g/mol. The second-order valence-electron chi connectivity index (χ2n) is 4.92. The van der Waals surface area contributed by atoms with Crippen molar-refractivity contribution in [2.24, 2.45) is 16.5 Å². The molecule has 132 valence electrons. The van der Waals surface area contributed by atoms with E-state index in [0.29, 0.717) is 19.8 Å². The summed E-state index contributed by atoms with van der Waals surface area (Å²) in [5.41, 5.74) is 10.5. The Bertz CT molecular complexity index is 952. The summed E-state index contributed by atoms with van der Waals surface area (Å²) in [7, 11) is -3.52. The van der Waals surface area contributed by atoms with Gasteiger partial charge in [0.15, 0.2) is 15.8 Å². The molecule has 6 nitrogen and oxygen atoms in total. The van der Waals surface area contributed by atoms with E-state index in [-0.39, 0.29) is 10.5 Å². The van der Waals surface area contributed by atoms with Crippen LogP contribution in [-0.2, 0) is 9.84 Å². The van der Waals surface area contributed by atoms with Crippen LogP contribution in [0.5, 0.6) is 0 Å². The summed E-state index contributed by atoms with van der Waals surface area (Å²) in [5.74, 6) is -1.20. The van der Waals surface area contributed by atoms with E-state index in [1.807, 2.05) is 0 Å². The molecule has 0 spiro atoms. The third-order valence-electron chi connectivity index (χ3n) is 2.97. The lowest BCUT2D eigenvalue weighted by Gasteiger charge is -2.11. The predicted molar refractivity (Wildman–Crippen MR) is 100 cm³/mol. The van der Waals surface area contributed by atoms with Crippen LogP contribution in [0.3, 0.4) is 0 Å². The summed E-state index contributed by atoms with van der Waals surface area (Å²) in [5, 5.41) is 0.787. The Morgan fingerprint density at radius 3 is 2.24 bits per heavy atom. The molecule has 0 aliphatic rings. The van der Waals surface area contributed by atoms with Gasteiger partial charge in [0.2, 0.25) is 0 Å². The number of amides is 1. The SMILES string of the molecule is CS(=O)(=O)c1ccc(Sc2c(Cl)cccc2Cl)c(C(=O)N=C(N)N)c1. The van der Waals surface area contributed by atoms with Crippen molar-refractivity contribution in [2.45, 2.75) is 14.7 Å². The van der Waals surface area contributed by atoms with Crippen molar-refractivity contribution >= 4 is 56.7 Å². The van der Waals surface area contributed by atoms with Crippen molar-refractivity contribution in [2.75, 3.05) is 6.26 Å². The molecule has 0 aliphatic carbocycles. The van der Waals surface area contributed by atoms with E-state index in [1.165, 1.54) is 18.2 Å². The first-order valence-corrected chi connectivity index (χ1v) is 10.2. The lowest BCUT2D eigenvalue weighted by Crippen LogP contribution is -2.24. The largest absolute Gasteiger partial charge is 0.370 e. The Balaban J connectivity index is 2.61. The summed E-state index contributed by atoms with van der Waals surface area (Å²) < 4.78 is 23.5. The van der Waals surface area contributed by atoms with Crippen LogP contribution in [-0.4, -0.2) is 26.5 Å². The molecule has 0 aromatic heterocycles. The lowest BCUT2D eigenvalue weighted by molar-refractivity contribution is 0.0999. The fourth-order valence-corrected chi connectivity index (χ4v) is 4.08. The van der Waals surface area contributed by atoms with Gasteiger partial charge < -0.3 is 11.5 Å². The number of guanidine groups is 1. The summed E-state index contributed by atoms with van der Waals surface area (Å²) in [6.07, 6.45) is 1.04. The maximum Gasteiger partial charge on any atom is 0.281 e. The number of nitrogens with zero attached hydrogens (tertiary/aromatic N) is 1. The Morgan fingerprint density at radius 1 is 1.12 bits per heavy atom. The highest BCUT2D eigenvalue weighted by molar-refractivity contribution is 7.99. The molecule has 0 aliphatic heterocycles. The number of hydrogen-bond donors (Lipinski definition) is 2. The van der Waals surface area contributed by atoms with Gasteiger partial charge in [-0.25, -0.2) is 8.42 Å². The molecule has 2 aromatic carbocycles. The van der Waals surface area contributed by atoms with Crippen LogP contribution < -0.4 is 11.5 Å². The molecule has 0 bridgehead atoms. The van der Waals surface area contributed by atoms with Crippen LogP contribution in [0.2, 0.25) is 10.0 Å². The number of sulfone groups is 1. The molecule has 0 saturated heterocycles. The van der Waals surface area contributed by atoms with Gasteiger partial charge in [0, 0.05) is 16.0 Å². The van der Waals surface area contributed by atoms with Crippen LogP contribution in [0.1, 0.15) is 10.4 Å². The van der Waals surface area contributed by atoms with E-state index >= 15 is 0 Å². The van der Waals surface area contributed by atoms with E-state index < -0.39 is 21.7 Å². The molecule has 0 atom stereocenters. The third-order valence-corrected chi connectivity index (χ3v) is 6.16. The molecule has 0 fully saturated rings. The highest BCUT2D eigenvalue weighted by Gasteiger charge is 2.19. The zero-order valence-electron chi connectivity index (χ0n) is 12.9. The van der Waals surface area contributed by atoms with Gasteiger partial charge in [0.1, 0.15) is 0 Å². The van der Waals surface area contributed by atoms with Crippen LogP contribution >= 0.6 is 35.0 Å². The van der Waals surface area contributed by atoms with E-state index in [4.69, 9.17) is 34.7 Å². The van der Waals surface area contributed by atoms with Gasteiger partial charge in [0.05, 0.1) is 20.5 Å². The quantitative estimate of drug-likeness (QED) is 0.583. The molecule has 0 heterocycles. The number of aliphatic imine (C=N–C) groups is 1. The molecular formula is C15H13Cl2N3O3S2. The van der Waals surface area contributed by atoms with Crippen LogP contribution in [0.15, 0.2) is 56.1 Å². The van der Waals surface area contributed by atoms with Gasteiger partial charge in [-0.1, -0.05) is 41.0 Å². The summed E-state index contributed by atoms with van der Waals surface area (Å²) in [6.45, 7) is 0. The summed E-state index contributed by atoms with van der Waals surface area (Å²) in [4.78, 5) is 16.7. The lowest BCUT2D eigenvalue weighted by atomic mass is 10.2. The second kappa shape index (κ2) is 7.65. The summed E-state index contributed by atoms with van der Waals surface area (Å²) in [6, 6.07) is 9.07. The van der Waals surface area contributed by atoms with Gasteiger partial charge in [-0.05, 0) is 30.3 Å². The molecule has 2 aromatic rings. The van der Waals surface area contributed by atoms with Crippen molar-refractivity contribution in [3.8, 4) is 0 Å². The minimum absolute atomic E-state index is 0.0253. The van der Waals surface area contributed by atoms with Crippen LogP contribution in [0, 0.1) is 0 Å². The molecule has 0 saturated carbocycles. The summed E-state index contributed by atoms with van der Waals surface area (Å²) >= 11 is 13.4. The van der Waals surface area contributed by atoms with E-state index in [0.717, 1.165) is 18.0 Å². The van der Waals surface area contributed by atoms with Gasteiger partial charge in [-0.15, -0.1) is 0 Å². The number of hydrogen-bond acceptors (Lipinski definition) is 4. The molecule has 10 heteroatoms. The Hall–Kier alpha value is -1.74. The molecule has 4 N–H and O–H groups in total. The maximum absolute atomic E-state index is 12.3. The highest BCUT2D eigenvalue weighted by atomic mass is 35.5. The average Bonchev–Trinajstić information content (AvgIpc) is 2.49. The molecule has 0 unspecified atom stereocenters. The third kappa shape index (κ3) is 4.88. The molecule has 1 amide bonds. The number of benzene rings is 2. The van der Waals surface area contributed by atoms with E-state index in [1.54, 1.807) is 18.2 Å². The zero-order valence-corrected chi connectivity index (χ0v) is 16.0. The maximum atomic E-state index is 12.3. The predicted octanol–water partition coefficient (Wildman–Crippen LogP) is 2.96. The zero-order chi connectivity index (χ0) is 18.8. The monoisotopic (exact) mass is 417 g/mol. The fraction of sp³-hybridized carbons (Fsp3) is 0.0667. The molecule has 25 heavy (non-hydrogen) atoms. The van der Waals surface area contributed by atoms with Crippen LogP contribution in [0.4, 0.5) is 0 Å². The number of rotatable bonds is 4. The Morgan fingerprint density at radius 2 is 1.72 bits per heavy atom. The van der Waals surface area contributed by atoms with E-state index in [9.17, 15) is 13.2 Å². The minimum atomic E-state index is -3.52. The average molecular weight is 418 g/mol.